The molecule has 6 nitrogen and oxygen atoms in total. The second-order valence-corrected chi connectivity index (χ2v) is 7.88. The molecule has 8 heteroatoms. The van der Waals surface area contributed by atoms with Crippen molar-refractivity contribution in [2.75, 3.05) is 5.75 Å². The SMILES string of the molecule is O=C(CSc1nc2ccccc2o1)N/N=C\c1ccc(OCc2cccc(Cl)c2)cc1. The molecule has 0 fully saturated rings. The zero-order valence-electron chi connectivity index (χ0n) is 16.3. The molecule has 0 radical (unpaired) electrons. The molecular weight excluding hydrogens is 434 g/mol. The Morgan fingerprint density at radius 3 is 2.77 bits per heavy atom. The van der Waals surface area contributed by atoms with Crippen LogP contribution in [0.3, 0.4) is 0 Å². The molecule has 0 aliphatic rings. The zero-order valence-corrected chi connectivity index (χ0v) is 17.9. The fourth-order valence-electron chi connectivity index (χ4n) is 2.69. The molecule has 156 valence electrons. The van der Waals surface area contributed by atoms with Crippen molar-refractivity contribution in [3.05, 3.63) is 88.9 Å². The van der Waals surface area contributed by atoms with Crippen molar-refractivity contribution in [1.29, 1.82) is 0 Å². The summed E-state index contributed by atoms with van der Waals surface area (Å²) in [6.07, 6.45) is 1.57. The van der Waals surface area contributed by atoms with Crippen molar-refractivity contribution in [3.8, 4) is 5.75 Å². The summed E-state index contributed by atoms with van der Waals surface area (Å²) in [5, 5.41) is 5.12. The third-order valence-electron chi connectivity index (χ3n) is 4.18. The molecule has 1 N–H and O–H groups in total. The van der Waals surface area contributed by atoms with Gasteiger partial charge in [0, 0.05) is 5.02 Å². The van der Waals surface area contributed by atoms with Crippen LogP contribution in [-0.2, 0) is 11.4 Å². The molecule has 1 aromatic heterocycles. The molecule has 0 atom stereocenters. The van der Waals surface area contributed by atoms with Crippen molar-refractivity contribution in [3.63, 3.8) is 0 Å². The van der Waals surface area contributed by atoms with Crippen molar-refractivity contribution in [2.24, 2.45) is 5.10 Å². The normalized spacial score (nSPS) is 11.1. The lowest BCUT2D eigenvalue weighted by molar-refractivity contribution is -0.118. The largest absolute Gasteiger partial charge is 0.489 e. The lowest BCUT2D eigenvalue weighted by atomic mass is 10.2. The number of carbonyl (C=O) groups is 1. The van der Waals surface area contributed by atoms with E-state index in [4.69, 9.17) is 20.8 Å². The molecule has 0 spiro atoms. The summed E-state index contributed by atoms with van der Waals surface area (Å²) < 4.78 is 11.3. The monoisotopic (exact) mass is 451 g/mol. The molecule has 0 aliphatic heterocycles. The van der Waals surface area contributed by atoms with Crippen LogP contribution in [0.5, 0.6) is 5.75 Å². The first-order valence-corrected chi connectivity index (χ1v) is 10.8. The Balaban J connectivity index is 1.22. The van der Waals surface area contributed by atoms with E-state index in [0.717, 1.165) is 22.4 Å². The summed E-state index contributed by atoms with van der Waals surface area (Å²) in [6.45, 7) is 0.432. The van der Waals surface area contributed by atoms with Crippen LogP contribution in [0.1, 0.15) is 11.1 Å². The van der Waals surface area contributed by atoms with Gasteiger partial charge in [-0.1, -0.05) is 47.6 Å². The van der Waals surface area contributed by atoms with E-state index in [-0.39, 0.29) is 11.7 Å². The summed E-state index contributed by atoms with van der Waals surface area (Å²) in [6, 6.07) is 22.4. The maximum atomic E-state index is 12.0. The van der Waals surface area contributed by atoms with Crippen molar-refractivity contribution in [1.82, 2.24) is 10.4 Å². The third kappa shape index (κ3) is 6.10. The van der Waals surface area contributed by atoms with Crippen molar-refractivity contribution < 1.29 is 13.9 Å². The average molecular weight is 452 g/mol. The van der Waals surface area contributed by atoms with Gasteiger partial charge in [0.25, 0.3) is 11.1 Å². The Bertz CT molecular complexity index is 1180. The number of amides is 1. The molecule has 4 aromatic rings. The first kappa shape index (κ1) is 21.0. The Morgan fingerprint density at radius 2 is 1.97 bits per heavy atom. The second kappa shape index (κ2) is 10.1. The predicted octanol–water partition coefficient (Wildman–Crippen LogP) is 5.30. The number of benzene rings is 3. The van der Waals surface area contributed by atoms with E-state index in [9.17, 15) is 4.79 Å². The minimum Gasteiger partial charge on any atom is -0.489 e. The number of aromatic nitrogens is 1. The fourth-order valence-corrected chi connectivity index (χ4v) is 3.54. The van der Waals surface area contributed by atoms with E-state index >= 15 is 0 Å². The smallest absolute Gasteiger partial charge is 0.257 e. The van der Waals surface area contributed by atoms with E-state index in [0.29, 0.717) is 22.4 Å². The number of para-hydroxylation sites is 2. The molecule has 4 rings (SSSR count). The van der Waals surface area contributed by atoms with Crippen molar-refractivity contribution in [2.45, 2.75) is 11.8 Å². The number of hydrogen-bond donors (Lipinski definition) is 1. The molecule has 0 unspecified atom stereocenters. The fraction of sp³-hybridized carbons (Fsp3) is 0.0870. The quantitative estimate of drug-likeness (QED) is 0.223. The van der Waals surface area contributed by atoms with Crippen LogP contribution >= 0.6 is 23.4 Å². The standard InChI is InChI=1S/C23H18ClN3O3S/c24-18-5-3-4-17(12-18)14-29-19-10-8-16(9-11-19)13-25-27-22(28)15-31-23-26-20-6-1-2-7-21(20)30-23/h1-13H,14-15H2,(H,27,28)/b25-13-. The number of rotatable bonds is 8. The van der Waals surface area contributed by atoms with Gasteiger partial charge in [-0.05, 0) is 59.7 Å². The van der Waals surface area contributed by atoms with Crippen molar-refractivity contribution >= 4 is 46.6 Å². The number of hydrogen-bond acceptors (Lipinski definition) is 6. The lowest BCUT2D eigenvalue weighted by Gasteiger charge is -2.06. The number of carbonyl (C=O) groups excluding carboxylic acids is 1. The first-order valence-electron chi connectivity index (χ1n) is 9.43. The zero-order chi connectivity index (χ0) is 21.5. The van der Waals surface area contributed by atoms with Gasteiger partial charge in [-0.25, -0.2) is 10.4 Å². The predicted molar refractivity (Wildman–Crippen MR) is 123 cm³/mol. The maximum absolute atomic E-state index is 12.0. The number of fused-ring (bicyclic) bond motifs is 1. The van der Waals surface area contributed by atoms with Crippen LogP contribution in [0.25, 0.3) is 11.1 Å². The van der Waals surface area contributed by atoms with Gasteiger partial charge in [0.2, 0.25) is 0 Å². The number of thioether (sulfide) groups is 1. The topological polar surface area (TPSA) is 76.7 Å². The number of nitrogens with one attached hydrogen (secondary N) is 1. The van der Waals surface area contributed by atoms with Crippen LogP contribution in [0.15, 0.2) is 87.5 Å². The van der Waals surface area contributed by atoms with Gasteiger partial charge in [-0.3, -0.25) is 4.79 Å². The number of halogens is 1. The highest BCUT2D eigenvalue weighted by molar-refractivity contribution is 7.99. The van der Waals surface area contributed by atoms with Gasteiger partial charge in [-0.2, -0.15) is 5.10 Å². The highest BCUT2D eigenvalue weighted by Gasteiger charge is 2.08. The summed E-state index contributed by atoms with van der Waals surface area (Å²) in [7, 11) is 0. The average Bonchev–Trinajstić information content (AvgIpc) is 3.20. The molecule has 0 saturated carbocycles. The van der Waals surface area contributed by atoms with E-state index in [1.54, 1.807) is 6.21 Å². The number of oxazole rings is 1. The summed E-state index contributed by atoms with van der Waals surface area (Å²) >= 11 is 7.20. The first-order chi connectivity index (χ1) is 15.2. The second-order valence-electron chi connectivity index (χ2n) is 6.52. The van der Waals surface area contributed by atoms with Crippen LogP contribution in [-0.4, -0.2) is 22.9 Å². The van der Waals surface area contributed by atoms with Gasteiger partial charge in [0.15, 0.2) is 5.58 Å². The number of ether oxygens (including phenoxy) is 1. The maximum Gasteiger partial charge on any atom is 0.257 e. The highest BCUT2D eigenvalue weighted by atomic mass is 35.5. The minimum absolute atomic E-state index is 0.153. The molecular formula is C23H18ClN3O3S. The minimum atomic E-state index is -0.245. The Labute approximate surface area is 188 Å². The van der Waals surface area contributed by atoms with Crippen LogP contribution in [0.2, 0.25) is 5.02 Å². The molecule has 1 heterocycles. The van der Waals surface area contributed by atoms with Gasteiger partial charge in [0.05, 0.1) is 12.0 Å². The van der Waals surface area contributed by atoms with Gasteiger partial charge in [0.1, 0.15) is 17.9 Å². The van der Waals surface area contributed by atoms with Gasteiger partial charge in [-0.15, -0.1) is 0 Å². The Kier molecular flexibility index (Phi) is 6.86. The number of nitrogens with zero attached hydrogens (tertiary/aromatic N) is 2. The summed E-state index contributed by atoms with van der Waals surface area (Å²) in [5.74, 6) is 0.640. The molecule has 0 aliphatic carbocycles. The van der Waals surface area contributed by atoms with Gasteiger partial charge >= 0.3 is 0 Å². The van der Waals surface area contributed by atoms with Crippen LogP contribution in [0.4, 0.5) is 0 Å². The van der Waals surface area contributed by atoms with Crippen LogP contribution < -0.4 is 10.2 Å². The molecule has 3 aromatic carbocycles. The Morgan fingerprint density at radius 1 is 1.13 bits per heavy atom. The summed E-state index contributed by atoms with van der Waals surface area (Å²) in [4.78, 5) is 16.3. The molecule has 31 heavy (non-hydrogen) atoms. The third-order valence-corrected chi connectivity index (χ3v) is 5.24. The molecule has 1 amide bonds. The lowest BCUT2D eigenvalue weighted by Crippen LogP contribution is -2.19. The highest BCUT2D eigenvalue weighted by Crippen LogP contribution is 2.22. The van der Waals surface area contributed by atoms with E-state index < -0.39 is 0 Å². The molecule has 0 bridgehead atoms. The van der Waals surface area contributed by atoms with Crippen LogP contribution in [0, 0.1) is 0 Å². The number of hydrazone groups is 1. The Hall–Kier alpha value is -3.29. The summed E-state index contributed by atoms with van der Waals surface area (Å²) in [5.41, 5.74) is 5.79. The van der Waals surface area contributed by atoms with E-state index in [1.807, 2.05) is 72.8 Å². The van der Waals surface area contributed by atoms with Gasteiger partial charge < -0.3 is 9.15 Å². The van der Waals surface area contributed by atoms with E-state index in [2.05, 4.69) is 15.5 Å². The van der Waals surface area contributed by atoms with E-state index in [1.165, 1.54) is 11.8 Å². The molecule has 0 saturated heterocycles.